The molecule has 0 amide bonds. The average molecular weight is 831 g/mol. The van der Waals surface area contributed by atoms with E-state index in [1.54, 1.807) is 35.5 Å². The normalized spacial score (nSPS) is 12.0. The summed E-state index contributed by atoms with van der Waals surface area (Å²) in [4.78, 5) is 0. The monoisotopic (exact) mass is 835 g/mol. The first-order valence-electron chi connectivity index (χ1n) is 8.81. The Morgan fingerprint density at radius 1 is 0.467 bits per heavy atom. The van der Waals surface area contributed by atoms with Crippen LogP contribution in [-0.4, -0.2) is 79.2 Å². The fourth-order valence-corrected chi connectivity index (χ4v) is 14.8. The van der Waals surface area contributed by atoms with Crippen LogP contribution in [0.15, 0.2) is 0 Å². The van der Waals surface area contributed by atoms with Crippen LogP contribution in [0.2, 0.25) is 18.1 Å². The molecule has 0 aliphatic heterocycles. The quantitative estimate of drug-likeness (QED) is 0.151. The van der Waals surface area contributed by atoms with Gasteiger partial charge in [0.05, 0.1) is 0 Å². The van der Waals surface area contributed by atoms with Gasteiger partial charge in [-0.25, -0.2) is 0 Å². The van der Waals surface area contributed by atoms with Crippen molar-refractivity contribution in [3.63, 3.8) is 0 Å². The Morgan fingerprint density at radius 3 is 0.900 bits per heavy atom. The Morgan fingerprint density at radius 2 is 0.700 bits per heavy atom. The van der Waals surface area contributed by atoms with Crippen molar-refractivity contribution < 1.29 is 112 Å². The van der Waals surface area contributed by atoms with Crippen LogP contribution in [0.4, 0.5) is 0 Å². The Hall–Kier alpha value is 4.19. The van der Waals surface area contributed by atoms with Gasteiger partial charge in [-0.2, -0.15) is 17.3 Å². The minimum Gasteiger partial charge on any atom is -0.793 e. The van der Waals surface area contributed by atoms with Gasteiger partial charge in [0.25, 0.3) is 0 Å². The van der Waals surface area contributed by atoms with Crippen LogP contribution in [-0.2, 0) is 150 Å². The summed E-state index contributed by atoms with van der Waals surface area (Å²) in [5.74, 6) is 1.74. The van der Waals surface area contributed by atoms with Crippen molar-refractivity contribution in [2.24, 2.45) is 0 Å². The maximum atomic E-state index is 6.46. The first-order chi connectivity index (χ1) is 12.9. The van der Waals surface area contributed by atoms with Crippen LogP contribution >= 0.6 is 0 Å². The molecular formula is C14H33Cd3O7S3Si3-3. The second-order valence-corrected chi connectivity index (χ2v) is 16.2. The standard InChI is InChI=1S/C14H36O7S3Si3.3Cd/c1-15-25(16-2,12-6-9-22)20-27(19-5,14-8-11-24)21-26(17-3,18-4)13-7-10-23;;;/h22-24H,6-14H2,1-5H3;;;/p-3. The van der Waals surface area contributed by atoms with Crippen molar-refractivity contribution in [2.75, 3.05) is 52.8 Å². The molecule has 7 nitrogen and oxygen atoms in total. The molecule has 0 aliphatic rings. The summed E-state index contributed by atoms with van der Waals surface area (Å²) in [6.45, 7) is 0. The van der Waals surface area contributed by atoms with Crippen LogP contribution in [0.1, 0.15) is 19.3 Å². The van der Waals surface area contributed by atoms with E-state index >= 15 is 0 Å². The van der Waals surface area contributed by atoms with Crippen LogP contribution < -0.4 is 0 Å². The van der Waals surface area contributed by atoms with Gasteiger partial charge in [-0.3, -0.25) is 0 Å². The summed E-state index contributed by atoms with van der Waals surface area (Å²) in [6.07, 6.45) is 2.18. The molecule has 170 valence electrons. The van der Waals surface area contributed by atoms with Crippen LogP contribution in [0.3, 0.4) is 0 Å². The molecule has 0 spiro atoms. The molecule has 0 bridgehead atoms. The number of rotatable bonds is 18. The Kier molecular flexibility index (Phi) is 32.5. The molecule has 0 aromatic carbocycles. The van der Waals surface area contributed by atoms with Gasteiger partial charge in [0, 0.05) is 136 Å². The average Bonchev–Trinajstić information content (AvgIpc) is 2.72. The first kappa shape index (κ1) is 41.3. The zero-order valence-corrected chi connectivity index (χ0v) is 36.6. The van der Waals surface area contributed by atoms with E-state index in [1.165, 1.54) is 0 Å². The molecule has 16 heteroatoms. The van der Waals surface area contributed by atoms with Gasteiger partial charge in [-0.05, 0) is 0 Å². The predicted molar refractivity (Wildman–Crippen MR) is 119 cm³/mol. The summed E-state index contributed by atoms with van der Waals surface area (Å²) >= 11 is 15.3. The third kappa shape index (κ3) is 14.7. The van der Waals surface area contributed by atoms with Gasteiger partial charge in [0.15, 0.2) is 0 Å². The Bertz CT molecular complexity index is 366. The van der Waals surface area contributed by atoms with Crippen molar-refractivity contribution in [3.05, 3.63) is 0 Å². The Labute approximate surface area is 263 Å². The maximum Gasteiger partial charge on any atom is 0.492 e. The van der Waals surface area contributed by atoms with E-state index in [1.807, 2.05) is 0 Å². The summed E-state index contributed by atoms with van der Waals surface area (Å²) in [5.41, 5.74) is 0. The van der Waals surface area contributed by atoms with Crippen molar-refractivity contribution in [2.45, 2.75) is 37.4 Å². The molecule has 0 N–H and O–H groups in total. The van der Waals surface area contributed by atoms with E-state index in [0.29, 0.717) is 41.8 Å². The first-order valence-corrected chi connectivity index (χ1v) is 16.3. The van der Waals surface area contributed by atoms with Crippen molar-refractivity contribution >= 4 is 64.3 Å². The van der Waals surface area contributed by atoms with Gasteiger partial charge >= 0.3 is 26.4 Å². The van der Waals surface area contributed by atoms with E-state index in [2.05, 4.69) is 0 Å². The predicted octanol–water partition coefficient (Wildman–Crippen LogP) is 1.87. The van der Waals surface area contributed by atoms with E-state index < -0.39 is 26.4 Å². The molecule has 0 atom stereocenters. The minimum absolute atomic E-state index is 0. The number of hydrogen-bond donors (Lipinski definition) is 0. The summed E-state index contributed by atoms with van der Waals surface area (Å²) in [7, 11) is -1.42. The van der Waals surface area contributed by atoms with Crippen molar-refractivity contribution in [3.8, 4) is 0 Å². The van der Waals surface area contributed by atoms with Crippen LogP contribution in [0.25, 0.3) is 0 Å². The molecule has 0 aromatic rings. The fraction of sp³-hybridized carbons (Fsp3) is 1.00. The molecule has 30 heavy (non-hydrogen) atoms. The third-order valence-corrected chi connectivity index (χ3v) is 15.9. The molecule has 0 fully saturated rings. The molecule has 0 unspecified atom stereocenters. The second-order valence-electron chi connectivity index (χ2n) is 5.70. The summed E-state index contributed by atoms with van der Waals surface area (Å²) in [5, 5.41) is 0. The minimum atomic E-state index is -3.26. The SMILES string of the molecule is CO[Si](CCC[S-])(OC)O[Si](CCC[S-])(OC)O[Si](CCC[S-])(OC)OC.[Cd].[Cd].[Cd]. The van der Waals surface area contributed by atoms with E-state index in [4.69, 9.17) is 68.2 Å². The molecule has 0 radical (unpaired) electrons. The van der Waals surface area contributed by atoms with Gasteiger partial charge in [0.2, 0.25) is 0 Å². The van der Waals surface area contributed by atoms with E-state index in [9.17, 15) is 0 Å². The molecule has 0 aromatic heterocycles. The largest absolute Gasteiger partial charge is 0.793 e. The summed E-state index contributed by atoms with van der Waals surface area (Å²) in [6, 6.07) is 1.69. The molecule has 0 saturated carbocycles. The second kappa shape index (κ2) is 23.6. The van der Waals surface area contributed by atoms with Crippen LogP contribution in [0.5, 0.6) is 0 Å². The van der Waals surface area contributed by atoms with Gasteiger partial charge in [-0.1, -0.05) is 19.3 Å². The molecule has 0 rings (SSSR count). The fourth-order valence-electron chi connectivity index (χ4n) is 2.49. The molecule has 0 heterocycles. The third-order valence-electron chi connectivity index (χ3n) is 4.06. The van der Waals surface area contributed by atoms with Gasteiger partial charge in [0.1, 0.15) is 0 Å². The van der Waals surface area contributed by atoms with E-state index in [-0.39, 0.29) is 81.9 Å². The maximum absolute atomic E-state index is 6.46. The van der Waals surface area contributed by atoms with Gasteiger partial charge < -0.3 is 68.2 Å². The smallest absolute Gasteiger partial charge is 0.492 e. The molecule has 0 aliphatic carbocycles. The van der Waals surface area contributed by atoms with E-state index in [0.717, 1.165) is 12.8 Å². The Balaban J connectivity index is -0.00000113. The topological polar surface area (TPSA) is 64.6 Å². The molecular weight excluding hydrogens is 798 g/mol. The number of hydrogen-bond acceptors (Lipinski definition) is 10. The van der Waals surface area contributed by atoms with Crippen molar-refractivity contribution in [1.29, 1.82) is 0 Å². The summed E-state index contributed by atoms with van der Waals surface area (Å²) < 4.78 is 41.6. The van der Waals surface area contributed by atoms with Crippen molar-refractivity contribution in [1.82, 2.24) is 0 Å². The zero-order valence-electron chi connectivity index (χ0n) is 19.1. The van der Waals surface area contributed by atoms with Crippen LogP contribution in [0, 0.1) is 0 Å². The zero-order chi connectivity index (χ0) is 20.8. The van der Waals surface area contributed by atoms with Gasteiger partial charge in [-0.15, -0.1) is 0 Å². The molecule has 0 saturated heterocycles.